The van der Waals surface area contributed by atoms with Gasteiger partial charge in [0.25, 0.3) is 0 Å². The van der Waals surface area contributed by atoms with E-state index >= 15 is 0 Å². The number of ether oxygens (including phenoxy) is 2. The molecule has 0 aromatic heterocycles. The Morgan fingerprint density at radius 3 is 1.90 bits per heavy atom. The lowest BCUT2D eigenvalue weighted by Crippen LogP contribution is -2.39. The summed E-state index contributed by atoms with van der Waals surface area (Å²) in [4.78, 5) is 23.9. The maximum Gasteiger partial charge on any atom is 0.309 e. The van der Waals surface area contributed by atoms with Crippen LogP contribution in [-0.4, -0.2) is 24.1 Å². The molecule has 4 heteroatoms. The van der Waals surface area contributed by atoms with E-state index < -0.39 is 0 Å². The van der Waals surface area contributed by atoms with Gasteiger partial charge in [0.2, 0.25) is 0 Å². The van der Waals surface area contributed by atoms with E-state index in [2.05, 4.69) is 0 Å². The third-order valence-corrected chi connectivity index (χ3v) is 4.34. The van der Waals surface area contributed by atoms with Gasteiger partial charge >= 0.3 is 11.9 Å². The van der Waals surface area contributed by atoms with Gasteiger partial charge in [0.15, 0.2) is 0 Å². The quantitative estimate of drug-likeness (QED) is 0.743. The second kappa shape index (κ2) is 7.09. The summed E-state index contributed by atoms with van der Waals surface area (Å²) in [6, 6.07) is 0. The molecule has 2 saturated carbocycles. The molecule has 2 aliphatic rings. The van der Waals surface area contributed by atoms with Crippen molar-refractivity contribution in [3.05, 3.63) is 0 Å². The molecule has 20 heavy (non-hydrogen) atoms. The highest BCUT2D eigenvalue weighted by Gasteiger charge is 2.34. The summed E-state index contributed by atoms with van der Waals surface area (Å²) in [5.41, 5.74) is 0. The zero-order chi connectivity index (χ0) is 14.5. The molecule has 0 unspecified atom stereocenters. The van der Waals surface area contributed by atoms with Gasteiger partial charge in [-0.15, -0.1) is 0 Å². The van der Waals surface area contributed by atoms with Gasteiger partial charge < -0.3 is 9.47 Å². The minimum atomic E-state index is -0.246. The van der Waals surface area contributed by atoms with Crippen molar-refractivity contribution in [1.29, 1.82) is 0 Å². The third kappa shape index (κ3) is 3.97. The number of hydrogen-bond donors (Lipinski definition) is 0. The molecule has 0 saturated heterocycles. The Bertz CT molecular complexity index is 344. The molecule has 2 rings (SSSR count). The van der Waals surface area contributed by atoms with Crippen molar-refractivity contribution in [2.24, 2.45) is 11.8 Å². The number of rotatable bonds is 4. The van der Waals surface area contributed by atoms with Gasteiger partial charge in [-0.2, -0.15) is 0 Å². The van der Waals surface area contributed by atoms with E-state index in [0.29, 0.717) is 0 Å². The van der Waals surface area contributed by atoms with Gasteiger partial charge in [-0.1, -0.05) is 26.7 Å². The average molecular weight is 282 g/mol. The zero-order valence-corrected chi connectivity index (χ0v) is 12.6. The Balaban J connectivity index is 1.89. The summed E-state index contributed by atoms with van der Waals surface area (Å²) in [7, 11) is 0. The van der Waals surface area contributed by atoms with Crippen molar-refractivity contribution in [2.45, 2.75) is 77.4 Å². The van der Waals surface area contributed by atoms with Crippen molar-refractivity contribution in [1.82, 2.24) is 0 Å². The van der Waals surface area contributed by atoms with E-state index in [9.17, 15) is 9.59 Å². The topological polar surface area (TPSA) is 52.6 Å². The Labute approximate surface area is 121 Å². The lowest BCUT2D eigenvalue weighted by molar-refractivity contribution is -0.176. The van der Waals surface area contributed by atoms with Crippen LogP contribution in [0.1, 0.15) is 65.2 Å². The second-order valence-electron chi connectivity index (χ2n) is 6.37. The van der Waals surface area contributed by atoms with E-state index in [1.54, 1.807) is 0 Å². The molecule has 2 atom stereocenters. The first-order chi connectivity index (χ1) is 9.58. The van der Waals surface area contributed by atoms with E-state index in [1.165, 1.54) is 0 Å². The third-order valence-electron chi connectivity index (χ3n) is 4.34. The number of esters is 2. The fourth-order valence-corrected chi connectivity index (χ4v) is 3.02. The Kier molecular flexibility index (Phi) is 5.44. The summed E-state index contributed by atoms with van der Waals surface area (Å²) in [6.07, 6.45) is 7.35. The zero-order valence-electron chi connectivity index (χ0n) is 12.6. The van der Waals surface area contributed by atoms with E-state index in [1.807, 2.05) is 13.8 Å². The first kappa shape index (κ1) is 15.3. The van der Waals surface area contributed by atoms with Gasteiger partial charge in [0.1, 0.15) is 12.2 Å². The molecule has 0 aromatic rings. The van der Waals surface area contributed by atoms with Crippen LogP contribution in [0.4, 0.5) is 0 Å². The predicted octanol–water partition coefficient (Wildman–Crippen LogP) is 3.23. The molecule has 0 aromatic carbocycles. The van der Waals surface area contributed by atoms with Crippen LogP contribution in [0.2, 0.25) is 0 Å². The van der Waals surface area contributed by atoms with Crippen LogP contribution >= 0.6 is 0 Å². The lowest BCUT2D eigenvalue weighted by atomic mass is 9.94. The Morgan fingerprint density at radius 1 is 0.850 bits per heavy atom. The van der Waals surface area contributed by atoms with E-state index in [0.717, 1.165) is 51.4 Å². The molecule has 0 radical (unpaired) electrons. The first-order valence-electron chi connectivity index (χ1n) is 7.99. The normalized spacial score (nSPS) is 27.6. The van der Waals surface area contributed by atoms with Crippen LogP contribution in [0.15, 0.2) is 0 Å². The standard InChI is InChI=1S/C16H26O4/c1-11(2)15(17)19-13-9-5-6-10-14(13)20-16(18)12-7-3-4-8-12/h11-14H,3-10H2,1-2H3/t13-,14+/m0/s1. The van der Waals surface area contributed by atoms with Crippen LogP contribution in [0, 0.1) is 11.8 Å². The number of carbonyl (C=O) groups excluding carboxylic acids is 2. The lowest BCUT2D eigenvalue weighted by Gasteiger charge is -2.31. The van der Waals surface area contributed by atoms with Crippen molar-refractivity contribution in [3.63, 3.8) is 0 Å². The predicted molar refractivity (Wildman–Crippen MR) is 75.0 cm³/mol. The molecule has 0 heterocycles. The summed E-state index contributed by atoms with van der Waals surface area (Å²) in [5.74, 6) is -0.347. The Hall–Kier alpha value is -1.06. The second-order valence-corrected chi connectivity index (χ2v) is 6.37. The van der Waals surface area contributed by atoms with Crippen molar-refractivity contribution < 1.29 is 19.1 Å². The van der Waals surface area contributed by atoms with Crippen LogP contribution in [0.25, 0.3) is 0 Å². The minimum absolute atomic E-state index is 0.0679. The monoisotopic (exact) mass is 282 g/mol. The van der Waals surface area contributed by atoms with Crippen molar-refractivity contribution in [3.8, 4) is 0 Å². The summed E-state index contributed by atoms with van der Waals surface area (Å²) in [6.45, 7) is 3.65. The summed E-state index contributed by atoms with van der Waals surface area (Å²) in [5, 5.41) is 0. The van der Waals surface area contributed by atoms with Gasteiger partial charge in [-0.05, 0) is 38.5 Å². The van der Waals surface area contributed by atoms with Crippen LogP contribution in [0.5, 0.6) is 0 Å². The molecular weight excluding hydrogens is 256 g/mol. The summed E-state index contributed by atoms with van der Waals surface area (Å²) < 4.78 is 11.2. The van der Waals surface area contributed by atoms with Crippen LogP contribution in [0.3, 0.4) is 0 Å². The minimum Gasteiger partial charge on any atom is -0.458 e. The fraction of sp³-hybridized carbons (Fsp3) is 0.875. The van der Waals surface area contributed by atoms with Gasteiger partial charge in [-0.25, -0.2) is 0 Å². The van der Waals surface area contributed by atoms with E-state index in [4.69, 9.17) is 9.47 Å². The molecule has 0 spiro atoms. The SMILES string of the molecule is CC(C)C(=O)O[C@H]1CCCC[C@H]1OC(=O)C1CCCC1. The molecule has 0 amide bonds. The first-order valence-corrected chi connectivity index (χ1v) is 7.99. The number of hydrogen-bond acceptors (Lipinski definition) is 4. The maximum absolute atomic E-state index is 12.1. The molecule has 0 aliphatic heterocycles. The highest BCUT2D eigenvalue weighted by atomic mass is 16.6. The molecule has 4 nitrogen and oxygen atoms in total. The Morgan fingerprint density at radius 2 is 1.35 bits per heavy atom. The molecule has 2 fully saturated rings. The maximum atomic E-state index is 12.1. The van der Waals surface area contributed by atoms with Gasteiger partial charge in [0, 0.05) is 0 Å². The molecule has 2 aliphatic carbocycles. The van der Waals surface area contributed by atoms with Gasteiger partial charge in [0.05, 0.1) is 11.8 Å². The molecule has 0 N–H and O–H groups in total. The highest BCUT2D eigenvalue weighted by Crippen LogP contribution is 2.29. The average Bonchev–Trinajstić information content (AvgIpc) is 2.94. The molecular formula is C16H26O4. The van der Waals surface area contributed by atoms with Crippen molar-refractivity contribution in [2.75, 3.05) is 0 Å². The largest absolute Gasteiger partial charge is 0.458 e. The fourth-order valence-electron chi connectivity index (χ4n) is 3.02. The van der Waals surface area contributed by atoms with Crippen LogP contribution < -0.4 is 0 Å². The smallest absolute Gasteiger partial charge is 0.309 e. The van der Waals surface area contributed by atoms with Gasteiger partial charge in [-0.3, -0.25) is 9.59 Å². The summed E-state index contributed by atoms with van der Waals surface area (Å²) >= 11 is 0. The van der Waals surface area contributed by atoms with E-state index in [-0.39, 0.29) is 36.0 Å². The molecule has 0 bridgehead atoms. The highest BCUT2D eigenvalue weighted by molar-refractivity contribution is 5.73. The number of carbonyl (C=O) groups is 2. The van der Waals surface area contributed by atoms with Crippen molar-refractivity contribution >= 4 is 11.9 Å². The molecule has 114 valence electrons. The van der Waals surface area contributed by atoms with Crippen LogP contribution in [-0.2, 0) is 19.1 Å².